The molecule has 1 N–H and O–H groups in total. The van der Waals surface area contributed by atoms with E-state index in [0.29, 0.717) is 16.6 Å². The third kappa shape index (κ3) is 2.89. The third-order valence-electron chi connectivity index (χ3n) is 3.78. The Bertz CT molecular complexity index is 1130. The summed E-state index contributed by atoms with van der Waals surface area (Å²) in [6, 6.07) is 15.1. The molecule has 1 amide bonds. The molecule has 25 heavy (non-hydrogen) atoms. The van der Waals surface area contributed by atoms with E-state index in [1.165, 1.54) is 0 Å². The van der Waals surface area contributed by atoms with Crippen molar-refractivity contribution in [3.8, 4) is 0 Å². The van der Waals surface area contributed by atoms with Gasteiger partial charge in [-0.15, -0.1) is 0 Å². The van der Waals surface area contributed by atoms with Gasteiger partial charge in [-0.2, -0.15) is 0 Å². The van der Waals surface area contributed by atoms with Gasteiger partial charge in [-0.05, 0) is 42.5 Å². The zero-order valence-corrected chi connectivity index (χ0v) is 12.8. The number of amides is 1. The quantitative estimate of drug-likeness (QED) is 0.555. The van der Waals surface area contributed by atoms with Crippen molar-refractivity contribution in [2.45, 2.75) is 0 Å². The largest absolute Gasteiger partial charge is 0.319 e. The molecule has 4 rings (SSSR count). The fourth-order valence-electron chi connectivity index (χ4n) is 2.55. The lowest BCUT2D eigenvalue weighted by Crippen LogP contribution is -2.13. The number of nitrogens with zero attached hydrogens (tertiary/aromatic N) is 2. The molecule has 0 saturated carbocycles. The normalized spacial score (nSPS) is 11.0. The molecule has 0 spiro atoms. The minimum atomic E-state index is -0.707. The first-order valence-corrected chi connectivity index (χ1v) is 7.53. The van der Waals surface area contributed by atoms with Crippen LogP contribution in [0.2, 0.25) is 0 Å². The molecule has 0 atom stereocenters. The third-order valence-corrected chi connectivity index (χ3v) is 3.78. The van der Waals surface area contributed by atoms with Gasteiger partial charge in [-0.1, -0.05) is 12.1 Å². The summed E-state index contributed by atoms with van der Waals surface area (Å²) >= 11 is 0. The van der Waals surface area contributed by atoms with E-state index in [0.717, 1.165) is 23.7 Å². The Morgan fingerprint density at radius 3 is 2.24 bits per heavy atom. The van der Waals surface area contributed by atoms with Gasteiger partial charge in [0.1, 0.15) is 11.6 Å². The maximum Gasteiger partial charge on any atom is 0.255 e. The number of halogens is 2. The van der Waals surface area contributed by atoms with Crippen LogP contribution in [0.3, 0.4) is 0 Å². The molecular formula is C19H11F2N3O. The molecule has 6 heteroatoms. The smallest absolute Gasteiger partial charge is 0.255 e. The van der Waals surface area contributed by atoms with E-state index in [2.05, 4.69) is 15.3 Å². The van der Waals surface area contributed by atoms with E-state index in [1.54, 1.807) is 18.2 Å². The molecule has 0 fully saturated rings. The minimum absolute atomic E-state index is 0.213. The van der Waals surface area contributed by atoms with Crippen molar-refractivity contribution < 1.29 is 13.6 Å². The highest BCUT2D eigenvalue weighted by Gasteiger charge is 2.12. The molecule has 0 aliphatic rings. The second kappa shape index (κ2) is 5.90. The molecule has 4 aromatic rings. The summed E-state index contributed by atoms with van der Waals surface area (Å²) in [4.78, 5) is 21.3. The van der Waals surface area contributed by atoms with Gasteiger partial charge in [-0.3, -0.25) is 4.79 Å². The van der Waals surface area contributed by atoms with Crippen molar-refractivity contribution in [2.75, 3.05) is 5.32 Å². The van der Waals surface area contributed by atoms with Gasteiger partial charge in [0.15, 0.2) is 0 Å². The van der Waals surface area contributed by atoms with Gasteiger partial charge in [0.2, 0.25) is 0 Å². The average Bonchev–Trinajstić information content (AvgIpc) is 2.62. The number of hydrogen-bond acceptors (Lipinski definition) is 3. The Balaban J connectivity index is 1.72. The molecule has 3 aromatic carbocycles. The number of para-hydroxylation sites is 2. The molecule has 0 radical (unpaired) electrons. The average molecular weight is 335 g/mol. The van der Waals surface area contributed by atoms with Crippen LogP contribution in [0, 0.1) is 11.6 Å². The molecule has 0 aliphatic heterocycles. The highest BCUT2D eigenvalue weighted by atomic mass is 19.1. The summed E-state index contributed by atoms with van der Waals surface area (Å²) < 4.78 is 26.9. The first kappa shape index (κ1) is 15.1. The maximum absolute atomic E-state index is 13.7. The Morgan fingerprint density at radius 2 is 1.48 bits per heavy atom. The van der Waals surface area contributed by atoms with Gasteiger partial charge in [-0.25, -0.2) is 18.7 Å². The van der Waals surface area contributed by atoms with Crippen LogP contribution in [-0.2, 0) is 0 Å². The van der Waals surface area contributed by atoms with Gasteiger partial charge < -0.3 is 5.32 Å². The first-order chi connectivity index (χ1) is 12.1. The summed E-state index contributed by atoms with van der Waals surface area (Å²) in [5.41, 5.74) is 2.73. The Labute approximate surface area is 141 Å². The van der Waals surface area contributed by atoms with Crippen LogP contribution in [-0.4, -0.2) is 15.9 Å². The Morgan fingerprint density at radius 1 is 0.800 bits per heavy atom. The summed E-state index contributed by atoms with van der Waals surface area (Å²) in [7, 11) is 0. The van der Waals surface area contributed by atoms with Crippen molar-refractivity contribution >= 4 is 33.7 Å². The molecule has 0 unspecified atom stereocenters. The lowest BCUT2D eigenvalue weighted by atomic mass is 10.1. The molecule has 1 aromatic heterocycles. The number of carbonyl (C=O) groups is 1. The number of anilines is 1. The molecule has 1 heterocycles. The number of rotatable bonds is 2. The van der Waals surface area contributed by atoms with Crippen molar-refractivity contribution in [3.05, 3.63) is 77.9 Å². The van der Waals surface area contributed by atoms with E-state index in [9.17, 15) is 13.6 Å². The number of fused-ring (bicyclic) bond motifs is 2. The second-order valence-corrected chi connectivity index (χ2v) is 5.49. The zero-order chi connectivity index (χ0) is 17.4. The predicted octanol–water partition coefficient (Wildman–Crippen LogP) is 4.31. The van der Waals surface area contributed by atoms with Crippen LogP contribution >= 0.6 is 0 Å². The van der Waals surface area contributed by atoms with Crippen molar-refractivity contribution in [1.29, 1.82) is 0 Å². The van der Waals surface area contributed by atoms with Crippen molar-refractivity contribution in [3.63, 3.8) is 0 Å². The molecule has 0 saturated heterocycles. The fraction of sp³-hybridized carbons (Fsp3) is 0. The van der Waals surface area contributed by atoms with E-state index in [-0.39, 0.29) is 11.3 Å². The lowest BCUT2D eigenvalue weighted by molar-refractivity contribution is 0.102. The summed E-state index contributed by atoms with van der Waals surface area (Å²) in [6.45, 7) is 0. The molecule has 0 bridgehead atoms. The first-order valence-electron chi connectivity index (χ1n) is 7.53. The number of hydrogen-bond donors (Lipinski definition) is 1. The Hall–Kier alpha value is -3.41. The minimum Gasteiger partial charge on any atom is -0.319 e. The molecule has 122 valence electrons. The van der Waals surface area contributed by atoms with Gasteiger partial charge >= 0.3 is 0 Å². The number of carbonyl (C=O) groups excluding carboxylic acids is 1. The predicted molar refractivity (Wildman–Crippen MR) is 91.4 cm³/mol. The summed E-state index contributed by atoms with van der Waals surface area (Å²) in [6.07, 6.45) is 0. The van der Waals surface area contributed by atoms with Crippen molar-refractivity contribution in [1.82, 2.24) is 9.97 Å². The zero-order valence-electron chi connectivity index (χ0n) is 12.8. The fourth-order valence-corrected chi connectivity index (χ4v) is 2.55. The highest BCUT2D eigenvalue weighted by Crippen LogP contribution is 2.20. The highest BCUT2D eigenvalue weighted by molar-refractivity contribution is 6.06. The number of benzene rings is 3. The summed E-state index contributed by atoms with van der Waals surface area (Å²) in [5, 5.41) is 2.37. The van der Waals surface area contributed by atoms with Crippen LogP contribution < -0.4 is 5.32 Å². The van der Waals surface area contributed by atoms with Crippen LogP contribution in [0.25, 0.3) is 22.1 Å². The standard InChI is InChI=1S/C19H11F2N3O/c20-12-6-7-13(21)17(10-12)24-19(25)11-5-8-16-18(9-11)23-15-4-2-1-3-14(15)22-16/h1-10H,(H,24,25). The lowest BCUT2D eigenvalue weighted by Gasteiger charge is -2.07. The van der Waals surface area contributed by atoms with Gasteiger partial charge in [0.05, 0.1) is 27.8 Å². The van der Waals surface area contributed by atoms with Gasteiger partial charge in [0, 0.05) is 11.6 Å². The number of nitrogens with one attached hydrogen (secondary N) is 1. The molecular weight excluding hydrogens is 324 g/mol. The second-order valence-electron chi connectivity index (χ2n) is 5.49. The van der Waals surface area contributed by atoms with E-state index >= 15 is 0 Å². The topological polar surface area (TPSA) is 54.9 Å². The number of aromatic nitrogens is 2. The SMILES string of the molecule is O=C(Nc1cc(F)ccc1F)c1ccc2nc3ccccc3nc2c1. The van der Waals surface area contributed by atoms with E-state index < -0.39 is 17.5 Å². The molecule has 4 nitrogen and oxygen atoms in total. The van der Waals surface area contributed by atoms with E-state index in [4.69, 9.17) is 0 Å². The van der Waals surface area contributed by atoms with Crippen LogP contribution in [0.15, 0.2) is 60.7 Å². The maximum atomic E-state index is 13.7. The van der Waals surface area contributed by atoms with Crippen LogP contribution in [0.5, 0.6) is 0 Å². The monoisotopic (exact) mass is 335 g/mol. The van der Waals surface area contributed by atoms with Crippen LogP contribution in [0.1, 0.15) is 10.4 Å². The summed E-state index contributed by atoms with van der Waals surface area (Å²) in [5.74, 6) is -1.89. The Kier molecular flexibility index (Phi) is 3.57. The van der Waals surface area contributed by atoms with E-state index in [1.807, 2.05) is 24.3 Å². The molecule has 0 aliphatic carbocycles. The van der Waals surface area contributed by atoms with Crippen molar-refractivity contribution in [2.24, 2.45) is 0 Å². The van der Waals surface area contributed by atoms with Crippen LogP contribution in [0.4, 0.5) is 14.5 Å². The van der Waals surface area contributed by atoms with Gasteiger partial charge in [0.25, 0.3) is 5.91 Å².